The summed E-state index contributed by atoms with van der Waals surface area (Å²) >= 11 is 0. The van der Waals surface area contributed by atoms with Gasteiger partial charge in [0.2, 0.25) is 5.91 Å². The lowest BCUT2D eigenvalue weighted by molar-refractivity contribution is -0.159. The molecule has 1 aromatic heterocycles. The van der Waals surface area contributed by atoms with Crippen LogP contribution in [0.5, 0.6) is 0 Å². The van der Waals surface area contributed by atoms with E-state index < -0.39 is 11.6 Å². The Morgan fingerprint density at radius 3 is 2.55 bits per heavy atom. The fourth-order valence-electron chi connectivity index (χ4n) is 5.67. The van der Waals surface area contributed by atoms with Crippen molar-refractivity contribution in [3.8, 4) is 0 Å². The van der Waals surface area contributed by atoms with Gasteiger partial charge in [-0.15, -0.1) is 0 Å². The predicted molar refractivity (Wildman–Crippen MR) is 98.8 cm³/mol. The number of amides is 1. The molecule has 0 atom stereocenters. The van der Waals surface area contributed by atoms with Crippen LogP contribution in [0.3, 0.4) is 0 Å². The van der Waals surface area contributed by atoms with E-state index in [0.29, 0.717) is 12.3 Å². The molecule has 5 rings (SSSR count). The zero-order chi connectivity index (χ0) is 20.2. The fourth-order valence-corrected chi connectivity index (χ4v) is 5.67. The van der Waals surface area contributed by atoms with Crippen molar-refractivity contribution >= 4 is 11.9 Å². The molecule has 2 saturated heterocycles. The zero-order valence-corrected chi connectivity index (χ0v) is 16.3. The molecule has 1 amide bonds. The van der Waals surface area contributed by atoms with Gasteiger partial charge in [-0.1, -0.05) is 0 Å². The molecule has 0 unspecified atom stereocenters. The number of cyclic esters (lactones) is 1. The Kier molecular flexibility index (Phi) is 4.38. The van der Waals surface area contributed by atoms with Crippen LogP contribution in [0.1, 0.15) is 50.1 Å². The average Bonchev–Trinajstić information content (AvgIpc) is 2.65. The van der Waals surface area contributed by atoms with E-state index in [0.717, 1.165) is 63.9 Å². The first-order valence-corrected chi connectivity index (χ1v) is 10.4. The van der Waals surface area contributed by atoms with Crippen LogP contribution in [0.4, 0.5) is 8.78 Å². The molecule has 2 spiro atoms. The molecule has 0 bridgehead atoms. The molecular formula is C21H25F2N3O3. The van der Waals surface area contributed by atoms with Gasteiger partial charge in [-0.25, -0.2) is 8.78 Å². The van der Waals surface area contributed by atoms with Crippen molar-refractivity contribution in [1.29, 1.82) is 0 Å². The highest BCUT2D eigenvalue weighted by atomic mass is 19.1. The maximum absolute atomic E-state index is 14.0. The van der Waals surface area contributed by atoms with E-state index in [1.54, 1.807) is 0 Å². The molecule has 2 aliphatic carbocycles. The molecule has 3 heterocycles. The molecule has 29 heavy (non-hydrogen) atoms. The Morgan fingerprint density at radius 2 is 1.93 bits per heavy atom. The first-order valence-electron chi connectivity index (χ1n) is 10.4. The van der Waals surface area contributed by atoms with Crippen molar-refractivity contribution in [3.63, 3.8) is 0 Å². The Bertz CT molecular complexity index is 828. The molecule has 6 nitrogen and oxygen atoms in total. The third kappa shape index (κ3) is 3.31. The van der Waals surface area contributed by atoms with E-state index in [4.69, 9.17) is 4.74 Å². The highest BCUT2D eigenvalue weighted by Gasteiger charge is 2.52. The van der Waals surface area contributed by atoms with Gasteiger partial charge in [0.05, 0.1) is 24.0 Å². The lowest BCUT2D eigenvalue weighted by Gasteiger charge is -2.54. The average molecular weight is 405 g/mol. The summed E-state index contributed by atoms with van der Waals surface area (Å²) in [6, 6.07) is 0.905. The van der Waals surface area contributed by atoms with Gasteiger partial charge in [-0.05, 0) is 43.9 Å². The van der Waals surface area contributed by atoms with Gasteiger partial charge in [-0.3, -0.25) is 19.9 Å². The monoisotopic (exact) mass is 405 g/mol. The summed E-state index contributed by atoms with van der Waals surface area (Å²) in [6.07, 6.45) is 6.07. The Balaban J connectivity index is 1.11. The molecule has 1 N–H and O–H groups in total. The second kappa shape index (κ2) is 6.72. The van der Waals surface area contributed by atoms with Gasteiger partial charge in [0.1, 0.15) is 18.2 Å². The Morgan fingerprint density at radius 1 is 1.21 bits per heavy atom. The molecule has 2 saturated carbocycles. The number of nitrogens with one attached hydrogen (secondary N) is 1. The van der Waals surface area contributed by atoms with E-state index in [2.05, 4.69) is 10.3 Å². The molecule has 4 aliphatic rings. The minimum absolute atomic E-state index is 0.00000199. The Hall–Kier alpha value is -2.09. The smallest absolute Gasteiger partial charge is 0.320 e. The second-order valence-corrected chi connectivity index (χ2v) is 9.35. The number of morpholine rings is 1. The number of piperidine rings is 1. The minimum Gasteiger partial charge on any atom is -0.463 e. The van der Waals surface area contributed by atoms with Crippen LogP contribution >= 0.6 is 0 Å². The maximum Gasteiger partial charge on any atom is 0.320 e. The number of ether oxygens (including phenoxy) is 1. The van der Waals surface area contributed by atoms with E-state index in [-0.39, 0.29) is 41.2 Å². The lowest BCUT2D eigenvalue weighted by atomic mass is 9.56. The Labute approximate surface area is 168 Å². The fraction of sp³-hybridized carbons (Fsp3) is 0.667. The van der Waals surface area contributed by atoms with Crippen molar-refractivity contribution in [3.05, 3.63) is 29.6 Å². The van der Waals surface area contributed by atoms with Crippen molar-refractivity contribution in [2.24, 2.45) is 11.3 Å². The molecule has 2 aliphatic heterocycles. The van der Waals surface area contributed by atoms with Crippen molar-refractivity contribution in [2.45, 2.75) is 50.0 Å². The SMILES string of the molecule is O=C1CN[C@]2(CO1)C[C@H](C(=O)N1CCC3(CC1)CC(c1ncc(F)cc1F)C3)C2. The maximum atomic E-state index is 14.0. The molecule has 156 valence electrons. The van der Waals surface area contributed by atoms with Gasteiger partial charge in [0.25, 0.3) is 0 Å². The summed E-state index contributed by atoms with van der Waals surface area (Å²) in [5, 5.41) is 3.22. The highest BCUT2D eigenvalue weighted by Crippen LogP contribution is 2.56. The molecular weight excluding hydrogens is 380 g/mol. The quantitative estimate of drug-likeness (QED) is 0.764. The highest BCUT2D eigenvalue weighted by molar-refractivity contribution is 5.81. The largest absolute Gasteiger partial charge is 0.463 e. The standard InChI is InChI=1S/C21H25F2N3O3/c22-15-5-16(23)18(24-10-15)13-6-20(7-13)1-3-26(4-2-20)19(28)14-8-21(9-14)12-29-17(27)11-25-21/h5,10,13-14,25H,1-4,6-9,11-12H2/t14-,21+. The number of halogens is 2. The summed E-state index contributed by atoms with van der Waals surface area (Å²) in [7, 11) is 0. The van der Waals surface area contributed by atoms with Crippen molar-refractivity contribution in [2.75, 3.05) is 26.2 Å². The van der Waals surface area contributed by atoms with E-state index in [9.17, 15) is 18.4 Å². The van der Waals surface area contributed by atoms with Crippen LogP contribution in [0.15, 0.2) is 12.3 Å². The van der Waals surface area contributed by atoms with Gasteiger partial charge < -0.3 is 9.64 Å². The third-order valence-electron chi connectivity index (χ3n) is 7.46. The van der Waals surface area contributed by atoms with E-state index >= 15 is 0 Å². The molecule has 1 aromatic rings. The van der Waals surface area contributed by atoms with Crippen LogP contribution in [-0.4, -0.2) is 53.5 Å². The number of pyridine rings is 1. The number of rotatable bonds is 2. The summed E-state index contributed by atoms with van der Waals surface area (Å²) < 4.78 is 32.2. The number of hydrogen-bond donors (Lipinski definition) is 1. The number of likely N-dealkylation sites (tertiary alicyclic amines) is 1. The number of nitrogens with zero attached hydrogens (tertiary/aromatic N) is 2. The predicted octanol–water partition coefficient (Wildman–Crippen LogP) is 2.14. The minimum atomic E-state index is -0.647. The molecule has 0 aromatic carbocycles. The van der Waals surface area contributed by atoms with Gasteiger partial charge >= 0.3 is 5.97 Å². The summed E-state index contributed by atoms with van der Waals surface area (Å²) in [4.78, 5) is 30.0. The molecule has 4 fully saturated rings. The van der Waals surface area contributed by atoms with Crippen molar-refractivity contribution in [1.82, 2.24) is 15.2 Å². The second-order valence-electron chi connectivity index (χ2n) is 9.35. The van der Waals surface area contributed by atoms with E-state index in [1.807, 2.05) is 4.90 Å². The summed E-state index contributed by atoms with van der Waals surface area (Å²) in [6.45, 7) is 2.04. The van der Waals surface area contributed by atoms with Gasteiger partial charge in [0, 0.05) is 31.0 Å². The van der Waals surface area contributed by atoms with Crippen LogP contribution in [0.25, 0.3) is 0 Å². The van der Waals surface area contributed by atoms with Crippen molar-refractivity contribution < 1.29 is 23.1 Å². The van der Waals surface area contributed by atoms with Gasteiger partial charge in [0.15, 0.2) is 0 Å². The van der Waals surface area contributed by atoms with Gasteiger partial charge in [-0.2, -0.15) is 0 Å². The number of carbonyl (C=O) groups is 2. The third-order valence-corrected chi connectivity index (χ3v) is 7.46. The van der Waals surface area contributed by atoms with Crippen LogP contribution in [-0.2, 0) is 14.3 Å². The molecule has 8 heteroatoms. The lowest BCUT2D eigenvalue weighted by Crippen LogP contribution is -2.65. The number of esters is 1. The summed E-state index contributed by atoms with van der Waals surface area (Å²) in [5.41, 5.74) is 0.318. The molecule has 0 radical (unpaired) electrons. The topological polar surface area (TPSA) is 71.5 Å². The zero-order valence-electron chi connectivity index (χ0n) is 16.3. The number of carbonyl (C=O) groups excluding carboxylic acids is 2. The van der Waals surface area contributed by atoms with Crippen LogP contribution in [0.2, 0.25) is 0 Å². The summed E-state index contributed by atoms with van der Waals surface area (Å²) in [5.74, 6) is -1.19. The van der Waals surface area contributed by atoms with Crippen LogP contribution in [0, 0.1) is 23.0 Å². The first-order chi connectivity index (χ1) is 13.9. The number of aromatic nitrogens is 1. The first kappa shape index (κ1) is 18.9. The number of hydrogen-bond acceptors (Lipinski definition) is 5. The van der Waals surface area contributed by atoms with Crippen LogP contribution < -0.4 is 5.32 Å². The van der Waals surface area contributed by atoms with E-state index in [1.165, 1.54) is 0 Å². The normalized spacial score (nSPS) is 26.1.